The summed E-state index contributed by atoms with van der Waals surface area (Å²) in [6.45, 7) is 7.00. The van der Waals surface area contributed by atoms with Crippen LogP contribution in [0.1, 0.15) is 29.2 Å². The third-order valence-corrected chi connectivity index (χ3v) is 5.36. The van der Waals surface area contributed by atoms with Crippen molar-refractivity contribution in [2.75, 3.05) is 26.7 Å². The molecule has 0 atom stereocenters. The molecular weight excluding hydrogens is 358 g/mol. The van der Waals surface area contributed by atoms with E-state index in [1.165, 1.54) is 16.2 Å². The molecule has 0 fully saturated rings. The fraction of sp³-hybridized carbons (Fsp3) is 0.389. The molecule has 2 aromatic rings. The van der Waals surface area contributed by atoms with Gasteiger partial charge in [0.25, 0.3) is 5.91 Å². The monoisotopic (exact) mass is 379 g/mol. The Kier molecular flexibility index (Phi) is 6.56. The number of aryl methyl sites for hydroxylation is 1. The molecule has 7 heteroatoms. The zero-order valence-electron chi connectivity index (χ0n) is 14.9. The first-order valence-corrected chi connectivity index (χ1v) is 9.33. The van der Waals surface area contributed by atoms with Crippen molar-refractivity contribution in [1.29, 1.82) is 0 Å². The quantitative estimate of drug-likeness (QED) is 0.768. The van der Waals surface area contributed by atoms with E-state index in [4.69, 9.17) is 11.6 Å². The van der Waals surface area contributed by atoms with E-state index < -0.39 is 0 Å². The number of thiazole rings is 1. The number of hydrogen-bond donors (Lipinski definition) is 0. The number of amides is 2. The molecule has 0 aliphatic rings. The maximum atomic E-state index is 12.7. The summed E-state index contributed by atoms with van der Waals surface area (Å²) in [6.07, 6.45) is 0. The minimum absolute atomic E-state index is 0.0547. The highest BCUT2D eigenvalue weighted by atomic mass is 35.5. The summed E-state index contributed by atoms with van der Waals surface area (Å²) in [5.41, 5.74) is 1.58. The number of halogens is 1. The van der Waals surface area contributed by atoms with Crippen molar-refractivity contribution in [2.45, 2.75) is 20.8 Å². The van der Waals surface area contributed by atoms with Gasteiger partial charge in [-0.15, -0.1) is 11.3 Å². The number of aromatic nitrogens is 1. The number of carbonyl (C=O) groups is 2. The van der Waals surface area contributed by atoms with E-state index in [0.29, 0.717) is 28.7 Å². The van der Waals surface area contributed by atoms with Gasteiger partial charge < -0.3 is 9.80 Å². The molecule has 25 heavy (non-hydrogen) atoms. The van der Waals surface area contributed by atoms with Crippen LogP contribution >= 0.6 is 22.9 Å². The lowest BCUT2D eigenvalue weighted by Gasteiger charge is -2.22. The lowest BCUT2D eigenvalue weighted by Crippen LogP contribution is -2.41. The number of benzene rings is 1. The second kappa shape index (κ2) is 8.45. The van der Waals surface area contributed by atoms with Gasteiger partial charge in [-0.2, -0.15) is 0 Å². The second-order valence-corrected chi connectivity index (χ2v) is 7.10. The molecule has 1 heterocycles. The van der Waals surface area contributed by atoms with Crippen molar-refractivity contribution >= 4 is 34.8 Å². The van der Waals surface area contributed by atoms with Crippen LogP contribution in [0.25, 0.3) is 10.6 Å². The molecule has 2 rings (SSSR count). The van der Waals surface area contributed by atoms with Gasteiger partial charge in [-0.25, -0.2) is 4.98 Å². The zero-order chi connectivity index (χ0) is 18.6. The van der Waals surface area contributed by atoms with Crippen molar-refractivity contribution < 1.29 is 9.59 Å². The Labute approximate surface area is 157 Å². The van der Waals surface area contributed by atoms with E-state index in [0.717, 1.165) is 10.6 Å². The van der Waals surface area contributed by atoms with Gasteiger partial charge in [0.15, 0.2) is 0 Å². The van der Waals surface area contributed by atoms with Crippen LogP contribution in [-0.2, 0) is 4.79 Å². The van der Waals surface area contributed by atoms with E-state index >= 15 is 0 Å². The number of nitrogens with zero attached hydrogens (tertiary/aromatic N) is 3. The summed E-state index contributed by atoms with van der Waals surface area (Å²) in [4.78, 5) is 33.1. The van der Waals surface area contributed by atoms with Gasteiger partial charge in [0, 0.05) is 30.7 Å². The Bertz CT molecular complexity index is 754. The number of likely N-dealkylation sites (N-methyl/N-ethyl adjacent to an activating group) is 2. The van der Waals surface area contributed by atoms with Crippen LogP contribution in [0.2, 0.25) is 5.02 Å². The summed E-state index contributed by atoms with van der Waals surface area (Å²) in [7, 11) is 1.64. The molecule has 2 amide bonds. The molecule has 134 valence electrons. The SMILES string of the molecule is CCN(CC)C(=O)CN(C)C(=O)c1sc(-c2ccc(Cl)cc2)nc1C. The maximum absolute atomic E-state index is 12.7. The Morgan fingerprint density at radius 3 is 2.32 bits per heavy atom. The highest BCUT2D eigenvalue weighted by molar-refractivity contribution is 7.17. The normalized spacial score (nSPS) is 10.6. The average Bonchev–Trinajstić information content (AvgIpc) is 2.97. The Morgan fingerprint density at radius 2 is 1.76 bits per heavy atom. The summed E-state index contributed by atoms with van der Waals surface area (Å²) in [6, 6.07) is 7.35. The predicted molar refractivity (Wildman–Crippen MR) is 102 cm³/mol. The third kappa shape index (κ3) is 4.58. The summed E-state index contributed by atoms with van der Waals surface area (Å²) in [5.74, 6) is -0.239. The zero-order valence-corrected chi connectivity index (χ0v) is 16.4. The molecular formula is C18H22ClN3O2S. The average molecular weight is 380 g/mol. The summed E-state index contributed by atoms with van der Waals surface area (Å²) in [5, 5.41) is 1.42. The van der Waals surface area contributed by atoms with Gasteiger partial charge in [-0.05, 0) is 32.9 Å². The molecule has 0 saturated carbocycles. The van der Waals surface area contributed by atoms with E-state index in [2.05, 4.69) is 4.98 Å². The van der Waals surface area contributed by atoms with Crippen LogP contribution in [0.3, 0.4) is 0 Å². The molecule has 0 N–H and O–H groups in total. The van der Waals surface area contributed by atoms with Crippen molar-refractivity contribution in [3.8, 4) is 10.6 Å². The minimum Gasteiger partial charge on any atom is -0.342 e. The van der Waals surface area contributed by atoms with Gasteiger partial charge in [-0.1, -0.05) is 23.7 Å². The number of rotatable bonds is 6. The predicted octanol–water partition coefficient (Wildman–Crippen LogP) is 3.71. The first kappa shape index (κ1) is 19.4. The Balaban J connectivity index is 2.16. The van der Waals surface area contributed by atoms with E-state index in [1.54, 1.807) is 24.1 Å². The summed E-state index contributed by atoms with van der Waals surface area (Å²) < 4.78 is 0. The van der Waals surface area contributed by atoms with Crippen LogP contribution < -0.4 is 0 Å². The van der Waals surface area contributed by atoms with Crippen molar-refractivity contribution in [2.24, 2.45) is 0 Å². The standard InChI is InChI=1S/C18H22ClN3O2S/c1-5-22(6-2)15(23)11-21(4)18(24)16-12(3)20-17(25-16)13-7-9-14(19)10-8-13/h7-10H,5-6,11H2,1-4H3. The Morgan fingerprint density at radius 1 is 1.16 bits per heavy atom. The molecule has 0 saturated heterocycles. The van der Waals surface area contributed by atoms with Crippen LogP contribution in [0.4, 0.5) is 0 Å². The maximum Gasteiger partial charge on any atom is 0.266 e. The minimum atomic E-state index is -0.185. The van der Waals surface area contributed by atoms with Gasteiger partial charge in [0.05, 0.1) is 12.2 Å². The molecule has 0 aliphatic carbocycles. The topological polar surface area (TPSA) is 53.5 Å². The lowest BCUT2D eigenvalue weighted by atomic mass is 10.2. The third-order valence-electron chi connectivity index (χ3n) is 3.92. The highest BCUT2D eigenvalue weighted by Gasteiger charge is 2.22. The van der Waals surface area contributed by atoms with Gasteiger partial charge in [0.2, 0.25) is 5.91 Å². The van der Waals surface area contributed by atoms with Crippen LogP contribution in [0.15, 0.2) is 24.3 Å². The smallest absolute Gasteiger partial charge is 0.266 e. The summed E-state index contributed by atoms with van der Waals surface area (Å²) >= 11 is 7.24. The number of hydrogen-bond acceptors (Lipinski definition) is 4. The number of carbonyl (C=O) groups excluding carboxylic acids is 2. The Hall–Kier alpha value is -1.92. The van der Waals surface area contributed by atoms with Crippen LogP contribution in [0.5, 0.6) is 0 Å². The van der Waals surface area contributed by atoms with E-state index in [9.17, 15) is 9.59 Å². The van der Waals surface area contributed by atoms with E-state index in [1.807, 2.05) is 32.9 Å². The first-order chi connectivity index (χ1) is 11.9. The molecule has 0 unspecified atom stereocenters. The fourth-order valence-corrected chi connectivity index (χ4v) is 3.63. The van der Waals surface area contributed by atoms with Crippen molar-refractivity contribution in [3.63, 3.8) is 0 Å². The molecule has 0 radical (unpaired) electrons. The molecule has 1 aromatic heterocycles. The van der Waals surface area contributed by atoms with Gasteiger partial charge >= 0.3 is 0 Å². The molecule has 5 nitrogen and oxygen atoms in total. The van der Waals surface area contributed by atoms with E-state index in [-0.39, 0.29) is 18.4 Å². The second-order valence-electron chi connectivity index (χ2n) is 5.67. The molecule has 1 aromatic carbocycles. The molecule has 0 bridgehead atoms. The fourth-order valence-electron chi connectivity index (χ4n) is 2.44. The van der Waals surface area contributed by atoms with Gasteiger partial charge in [0.1, 0.15) is 9.88 Å². The molecule has 0 spiro atoms. The van der Waals surface area contributed by atoms with Crippen molar-refractivity contribution in [3.05, 3.63) is 39.9 Å². The largest absolute Gasteiger partial charge is 0.342 e. The van der Waals surface area contributed by atoms with Crippen LogP contribution in [0, 0.1) is 6.92 Å². The highest BCUT2D eigenvalue weighted by Crippen LogP contribution is 2.29. The van der Waals surface area contributed by atoms with Gasteiger partial charge in [-0.3, -0.25) is 9.59 Å². The van der Waals surface area contributed by atoms with Crippen LogP contribution in [-0.4, -0.2) is 53.3 Å². The first-order valence-electron chi connectivity index (χ1n) is 8.13. The lowest BCUT2D eigenvalue weighted by molar-refractivity contribution is -0.131. The van der Waals surface area contributed by atoms with Crippen molar-refractivity contribution in [1.82, 2.24) is 14.8 Å². The molecule has 0 aliphatic heterocycles.